The van der Waals surface area contributed by atoms with Gasteiger partial charge >= 0.3 is 0 Å². The van der Waals surface area contributed by atoms with Gasteiger partial charge in [-0.2, -0.15) is 5.10 Å². The van der Waals surface area contributed by atoms with E-state index in [1.54, 1.807) is 29.2 Å². The predicted octanol–water partition coefficient (Wildman–Crippen LogP) is 2.89. The molecule has 142 valence electrons. The molecule has 3 rings (SSSR count). The van der Waals surface area contributed by atoms with Crippen molar-refractivity contribution in [2.45, 2.75) is 20.4 Å². The summed E-state index contributed by atoms with van der Waals surface area (Å²) in [6.07, 6.45) is 3.37. The lowest BCUT2D eigenvalue weighted by molar-refractivity contribution is 0.102. The van der Waals surface area contributed by atoms with Gasteiger partial charge in [-0.15, -0.1) is 11.3 Å². The maximum absolute atomic E-state index is 12.4. The molecule has 3 heterocycles. The van der Waals surface area contributed by atoms with Gasteiger partial charge in [-0.25, -0.2) is 0 Å². The second-order valence-corrected chi connectivity index (χ2v) is 7.01. The molecule has 0 atom stereocenters. The van der Waals surface area contributed by atoms with Crippen molar-refractivity contribution in [2.24, 2.45) is 0 Å². The van der Waals surface area contributed by atoms with Crippen LogP contribution in [-0.4, -0.2) is 45.2 Å². The van der Waals surface area contributed by atoms with E-state index in [-0.39, 0.29) is 5.56 Å². The van der Waals surface area contributed by atoms with E-state index in [0.717, 1.165) is 31.1 Å². The first-order valence-electron chi connectivity index (χ1n) is 8.94. The fraction of sp³-hybridized carbons (Fsp3) is 0.316. The number of nitrogens with one attached hydrogen (secondary N) is 2. The van der Waals surface area contributed by atoms with Gasteiger partial charge in [0.25, 0.3) is 11.5 Å². The summed E-state index contributed by atoms with van der Waals surface area (Å²) in [7, 11) is 0. The van der Waals surface area contributed by atoms with E-state index in [2.05, 4.69) is 34.1 Å². The van der Waals surface area contributed by atoms with Crippen LogP contribution in [0, 0.1) is 0 Å². The van der Waals surface area contributed by atoms with Crippen molar-refractivity contribution in [2.75, 3.05) is 25.0 Å². The summed E-state index contributed by atoms with van der Waals surface area (Å²) < 4.78 is 1.79. The first-order chi connectivity index (χ1) is 13.1. The van der Waals surface area contributed by atoms with Crippen LogP contribution in [0.15, 0.2) is 46.8 Å². The van der Waals surface area contributed by atoms with Crippen LogP contribution in [0.1, 0.15) is 24.2 Å². The Morgan fingerprint density at radius 1 is 1.30 bits per heavy atom. The van der Waals surface area contributed by atoms with Crippen LogP contribution in [0.25, 0.3) is 10.6 Å². The molecule has 0 unspecified atom stereocenters. The third-order valence-corrected chi connectivity index (χ3v) is 5.27. The van der Waals surface area contributed by atoms with Crippen LogP contribution in [0.5, 0.6) is 0 Å². The van der Waals surface area contributed by atoms with Crippen molar-refractivity contribution < 1.29 is 4.79 Å². The molecule has 0 bridgehead atoms. The Morgan fingerprint density at radius 2 is 2.11 bits per heavy atom. The SMILES string of the molecule is CCN(CC)CCn1cc(NC(=O)c2ccc(-c3cccs3)[nH]c2=O)cn1. The molecule has 2 N–H and O–H groups in total. The molecule has 0 aliphatic heterocycles. The first kappa shape index (κ1) is 19.1. The highest BCUT2D eigenvalue weighted by molar-refractivity contribution is 7.13. The van der Waals surface area contributed by atoms with Gasteiger partial charge in [0, 0.05) is 12.7 Å². The number of thiophene rings is 1. The molecule has 27 heavy (non-hydrogen) atoms. The van der Waals surface area contributed by atoms with Gasteiger partial charge < -0.3 is 15.2 Å². The molecule has 0 spiro atoms. The average molecular weight is 385 g/mol. The van der Waals surface area contributed by atoms with Gasteiger partial charge in [-0.05, 0) is 36.7 Å². The van der Waals surface area contributed by atoms with Crippen molar-refractivity contribution in [3.05, 3.63) is 58.0 Å². The molecule has 0 aromatic carbocycles. The Hall–Kier alpha value is -2.71. The average Bonchev–Trinajstić information content (AvgIpc) is 3.34. The number of aromatic nitrogens is 3. The minimum Gasteiger partial charge on any atom is -0.321 e. The van der Waals surface area contributed by atoms with Crippen molar-refractivity contribution in [1.29, 1.82) is 0 Å². The number of aromatic amines is 1. The molecule has 3 aromatic heterocycles. The number of H-pyrrole nitrogens is 1. The molecule has 0 aliphatic carbocycles. The minimum absolute atomic E-state index is 0.0752. The Bertz CT molecular complexity index is 941. The second-order valence-electron chi connectivity index (χ2n) is 6.07. The number of nitrogens with zero attached hydrogens (tertiary/aromatic N) is 3. The highest BCUT2D eigenvalue weighted by Gasteiger charge is 2.13. The van der Waals surface area contributed by atoms with E-state index in [0.29, 0.717) is 11.4 Å². The summed E-state index contributed by atoms with van der Waals surface area (Å²) in [5.41, 5.74) is 0.940. The zero-order chi connectivity index (χ0) is 19.2. The van der Waals surface area contributed by atoms with Crippen LogP contribution < -0.4 is 10.9 Å². The van der Waals surface area contributed by atoms with Gasteiger partial charge in [0.2, 0.25) is 0 Å². The Labute approximate surface area is 161 Å². The van der Waals surface area contributed by atoms with Crippen LogP contribution in [-0.2, 0) is 6.54 Å². The quantitative estimate of drug-likeness (QED) is 0.625. The fourth-order valence-corrected chi connectivity index (χ4v) is 3.47. The van der Waals surface area contributed by atoms with E-state index in [9.17, 15) is 9.59 Å². The number of rotatable bonds is 8. The van der Waals surface area contributed by atoms with Crippen LogP contribution in [0.2, 0.25) is 0 Å². The van der Waals surface area contributed by atoms with Gasteiger partial charge in [0.05, 0.1) is 29.0 Å². The predicted molar refractivity (Wildman–Crippen MR) is 108 cm³/mol. The molecular weight excluding hydrogens is 362 g/mol. The fourth-order valence-electron chi connectivity index (χ4n) is 2.76. The maximum atomic E-state index is 12.4. The smallest absolute Gasteiger partial charge is 0.261 e. The number of hydrogen-bond donors (Lipinski definition) is 2. The van der Waals surface area contributed by atoms with Gasteiger partial charge in [-0.1, -0.05) is 19.9 Å². The van der Waals surface area contributed by atoms with Crippen LogP contribution in [0.4, 0.5) is 5.69 Å². The molecule has 3 aromatic rings. The molecule has 0 aliphatic rings. The van der Waals surface area contributed by atoms with Gasteiger partial charge in [0.15, 0.2) is 0 Å². The number of hydrogen-bond acceptors (Lipinski definition) is 5. The summed E-state index contributed by atoms with van der Waals surface area (Å²) in [4.78, 5) is 30.7. The molecule has 7 nitrogen and oxygen atoms in total. The topological polar surface area (TPSA) is 83.0 Å². The van der Waals surface area contributed by atoms with E-state index in [1.807, 2.05) is 17.5 Å². The Morgan fingerprint density at radius 3 is 2.78 bits per heavy atom. The molecule has 8 heteroatoms. The summed E-state index contributed by atoms with van der Waals surface area (Å²) in [6.45, 7) is 7.87. The summed E-state index contributed by atoms with van der Waals surface area (Å²) in [6, 6.07) is 7.13. The van der Waals surface area contributed by atoms with Gasteiger partial charge in [-0.3, -0.25) is 14.3 Å². The third kappa shape index (κ3) is 4.72. The van der Waals surface area contributed by atoms with E-state index >= 15 is 0 Å². The molecule has 0 radical (unpaired) electrons. The lowest BCUT2D eigenvalue weighted by atomic mass is 10.2. The Balaban J connectivity index is 1.65. The van der Waals surface area contributed by atoms with Crippen LogP contribution >= 0.6 is 11.3 Å². The molecule has 0 saturated heterocycles. The third-order valence-electron chi connectivity index (χ3n) is 4.37. The summed E-state index contributed by atoms with van der Waals surface area (Å²) >= 11 is 1.53. The monoisotopic (exact) mass is 385 g/mol. The number of likely N-dealkylation sites (N-methyl/N-ethyl adjacent to an activating group) is 1. The number of pyridine rings is 1. The zero-order valence-corrected chi connectivity index (χ0v) is 16.3. The minimum atomic E-state index is -0.447. The lowest BCUT2D eigenvalue weighted by Crippen LogP contribution is -2.27. The number of carbonyl (C=O) groups is 1. The van der Waals surface area contributed by atoms with Crippen molar-refractivity contribution in [3.63, 3.8) is 0 Å². The largest absolute Gasteiger partial charge is 0.321 e. The molecule has 0 fully saturated rings. The van der Waals surface area contributed by atoms with E-state index < -0.39 is 11.5 Å². The number of carbonyl (C=O) groups excluding carboxylic acids is 1. The van der Waals surface area contributed by atoms with E-state index in [1.165, 1.54) is 11.3 Å². The molecule has 0 saturated carbocycles. The summed E-state index contributed by atoms with van der Waals surface area (Å²) in [5.74, 6) is -0.447. The highest BCUT2D eigenvalue weighted by Crippen LogP contribution is 2.21. The molecule has 1 amide bonds. The standard InChI is InChI=1S/C19H23N5O2S/c1-3-23(4-2)9-10-24-13-14(12-20-24)21-18(25)15-7-8-16(22-19(15)26)17-6-5-11-27-17/h5-8,11-13H,3-4,9-10H2,1-2H3,(H,21,25)(H,22,26). The van der Waals surface area contributed by atoms with Gasteiger partial charge in [0.1, 0.15) is 5.56 Å². The second kappa shape index (κ2) is 8.79. The normalized spacial score (nSPS) is 11.1. The maximum Gasteiger partial charge on any atom is 0.261 e. The first-order valence-corrected chi connectivity index (χ1v) is 9.82. The van der Waals surface area contributed by atoms with Crippen LogP contribution in [0.3, 0.4) is 0 Å². The molecular formula is C19H23N5O2S. The van der Waals surface area contributed by atoms with E-state index in [4.69, 9.17) is 0 Å². The Kier molecular flexibility index (Phi) is 6.20. The highest BCUT2D eigenvalue weighted by atomic mass is 32.1. The lowest BCUT2D eigenvalue weighted by Gasteiger charge is -2.17. The summed E-state index contributed by atoms with van der Waals surface area (Å²) in [5, 5.41) is 8.94. The number of amides is 1. The van der Waals surface area contributed by atoms with Crippen molar-refractivity contribution in [1.82, 2.24) is 19.7 Å². The van der Waals surface area contributed by atoms with Crippen molar-refractivity contribution >= 4 is 22.9 Å². The zero-order valence-electron chi connectivity index (χ0n) is 15.4. The number of anilines is 1. The van der Waals surface area contributed by atoms with Crippen molar-refractivity contribution in [3.8, 4) is 10.6 Å².